The Morgan fingerprint density at radius 3 is 2.49 bits per heavy atom. The standard InChI is InChI=1S/C27H24N6O3S/c34-24(29-19-7-2-1-3-8-19)15-18-32-26(25(30-27(32)37)22-9-4-5-16-28-22)23-10-6-17-31(23)20-11-13-21(14-12-20)33(35)36/h1-14,16-17,25-26H,15,18H2,(H,29,34)(H,30,37)/t25-,26+/m1/s1. The van der Waals surface area contributed by atoms with E-state index < -0.39 is 4.92 Å². The Hall–Kier alpha value is -4.57. The van der Waals surface area contributed by atoms with Crippen molar-refractivity contribution in [3.63, 3.8) is 0 Å². The number of anilines is 1. The molecule has 0 radical (unpaired) electrons. The van der Waals surface area contributed by atoms with Crippen molar-refractivity contribution < 1.29 is 9.72 Å². The number of hydrogen-bond donors (Lipinski definition) is 2. The maximum absolute atomic E-state index is 12.7. The van der Waals surface area contributed by atoms with Gasteiger partial charge in [0.25, 0.3) is 5.69 Å². The average molecular weight is 513 g/mol. The number of rotatable bonds is 8. The molecule has 37 heavy (non-hydrogen) atoms. The van der Waals surface area contributed by atoms with Crippen LogP contribution in [0.1, 0.15) is 29.9 Å². The molecule has 0 saturated carbocycles. The molecule has 1 fully saturated rings. The van der Waals surface area contributed by atoms with Gasteiger partial charge in [-0.15, -0.1) is 0 Å². The highest BCUT2D eigenvalue weighted by atomic mass is 32.1. The molecule has 5 rings (SSSR count). The third-order valence-electron chi connectivity index (χ3n) is 6.26. The van der Waals surface area contributed by atoms with Gasteiger partial charge in [0.15, 0.2) is 5.11 Å². The molecular formula is C27H24N6O3S. The Morgan fingerprint density at radius 2 is 1.78 bits per heavy atom. The third kappa shape index (κ3) is 5.19. The molecule has 2 atom stereocenters. The van der Waals surface area contributed by atoms with Crippen LogP contribution in [0.4, 0.5) is 11.4 Å². The maximum atomic E-state index is 12.7. The number of nitro groups is 1. The number of aromatic nitrogens is 2. The molecule has 0 aliphatic carbocycles. The Bertz CT molecular complexity index is 1410. The summed E-state index contributed by atoms with van der Waals surface area (Å²) in [7, 11) is 0. The summed E-state index contributed by atoms with van der Waals surface area (Å²) in [5.41, 5.74) is 3.29. The summed E-state index contributed by atoms with van der Waals surface area (Å²) in [5, 5.41) is 18.0. The second-order valence-electron chi connectivity index (χ2n) is 8.56. The van der Waals surface area contributed by atoms with E-state index in [0.29, 0.717) is 11.7 Å². The van der Waals surface area contributed by atoms with Crippen LogP contribution in [0.15, 0.2) is 97.3 Å². The molecule has 9 nitrogen and oxygen atoms in total. The summed E-state index contributed by atoms with van der Waals surface area (Å²) >= 11 is 5.73. The van der Waals surface area contributed by atoms with E-state index in [9.17, 15) is 14.9 Å². The molecule has 4 aromatic rings. The summed E-state index contributed by atoms with van der Waals surface area (Å²) in [5.74, 6) is -0.111. The van der Waals surface area contributed by atoms with Crippen LogP contribution in [0.5, 0.6) is 0 Å². The molecule has 1 aliphatic heterocycles. The highest BCUT2D eigenvalue weighted by molar-refractivity contribution is 7.80. The zero-order valence-electron chi connectivity index (χ0n) is 19.7. The minimum atomic E-state index is -0.418. The molecule has 1 amide bonds. The van der Waals surface area contributed by atoms with E-state index in [1.165, 1.54) is 12.1 Å². The number of amides is 1. The Morgan fingerprint density at radius 1 is 1.03 bits per heavy atom. The van der Waals surface area contributed by atoms with Gasteiger partial charge >= 0.3 is 0 Å². The first-order chi connectivity index (χ1) is 18.0. The van der Waals surface area contributed by atoms with Crippen LogP contribution in [0.2, 0.25) is 0 Å². The van der Waals surface area contributed by atoms with Crippen LogP contribution >= 0.6 is 12.2 Å². The maximum Gasteiger partial charge on any atom is 0.269 e. The van der Waals surface area contributed by atoms with Crippen molar-refractivity contribution in [3.05, 3.63) is 119 Å². The number of carbonyl (C=O) groups is 1. The molecule has 0 spiro atoms. The second kappa shape index (κ2) is 10.6. The molecule has 186 valence electrons. The first kappa shape index (κ1) is 24.1. The van der Waals surface area contributed by atoms with Gasteiger partial charge in [0.2, 0.25) is 5.91 Å². The highest BCUT2D eigenvalue weighted by Crippen LogP contribution is 2.39. The molecule has 0 bridgehead atoms. The molecule has 2 aromatic heterocycles. The van der Waals surface area contributed by atoms with Crippen LogP contribution in [0.25, 0.3) is 5.69 Å². The number of benzene rings is 2. The van der Waals surface area contributed by atoms with E-state index in [1.807, 2.05) is 76.3 Å². The summed E-state index contributed by atoms with van der Waals surface area (Å²) in [6.07, 6.45) is 3.89. The average Bonchev–Trinajstić information content (AvgIpc) is 3.52. The molecule has 1 saturated heterocycles. The van der Waals surface area contributed by atoms with E-state index in [0.717, 1.165) is 22.8 Å². The van der Waals surface area contributed by atoms with Gasteiger partial charge in [-0.1, -0.05) is 24.3 Å². The molecule has 2 aromatic carbocycles. The Labute approximate surface area is 218 Å². The van der Waals surface area contributed by atoms with Crippen LogP contribution in [-0.2, 0) is 4.79 Å². The highest BCUT2D eigenvalue weighted by Gasteiger charge is 2.41. The fourth-order valence-electron chi connectivity index (χ4n) is 4.54. The number of pyridine rings is 1. The van der Waals surface area contributed by atoms with Gasteiger partial charge in [0.1, 0.15) is 0 Å². The van der Waals surface area contributed by atoms with Gasteiger partial charge in [-0.2, -0.15) is 0 Å². The molecule has 0 unspecified atom stereocenters. The topological polar surface area (TPSA) is 105 Å². The van der Waals surface area contributed by atoms with Crippen LogP contribution in [0, 0.1) is 10.1 Å². The first-order valence-electron chi connectivity index (χ1n) is 11.8. The van der Waals surface area contributed by atoms with E-state index in [1.54, 1.807) is 18.3 Å². The third-order valence-corrected chi connectivity index (χ3v) is 6.61. The predicted octanol–water partition coefficient (Wildman–Crippen LogP) is 4.78. The predicted molar refractivity (Wildman–Crippen MR) is 144 cm³/mol. The van der Waals surface area contributed by atoms with Gasteiger partial charge in [-0.3, -0.25) is 19.9 Å². The van der Waals surface area contributed by atoms with E-state index in [4.69, 9.17) is 12.2 Å². The van der Waals surface area contributed by atoms with Crippen molar-refractivity contribution in [3.8, 4) is 5.69 Å². The largest absolute Gasteiger partial charge is 0.352 e. The zero-order valence-corrected chi connectivity index (χ0v) is 20.5. The number of thiocarbonyl (C=S) groups is 1. The number of carbonyl (C=O) groups excluding carboxylic acids is 1. The van der Waals surface area contributed by atoms with Crippen molar-refractivity contribution in [1.82, 2.24) is 19.8 Å². The van der Waals surface area contributed by atoms with Gasteiger partial charge in [0.05, 0.1) is 22.7 Å². The minimum absolute atomic E-state index is 0.0265. The van der Waals surface area contributed by atoms with Gasteiger partial charge in [-0.25, -0.2) is 0 Å². The van der Waals surface area contributed by atoms with Crippen molar-refractivity contribution in [2.45, 2.75) is 18.5 Å². The van der Waals surface area contributed by atoms with Gasteiger partial charge in [0, 0.05) is 54.6 Å². The lowest BCUT2D eigenvalue weighted by Crippen LogP contribution is -2.33. The van der Waals surface area contributed by atoms with Gasteiger partial charge < -0.3 is 20.1 Å². The molecule has 3 heterocycles. The lowest BCUT2D eigenvalue weighted by atomic mass is 10.0. The quantitative estimate of drug-likeness (QED) is 0.199. The molecule has 1 aliphatic rings. The monoisotopic (exact) mass is 512 g/mol. The fourth-order valence-corrected chi connectivity index (χ4v) is 4.87. The lowest BCUT2D eigenvalue weighted by molar-refractivity contribution is -0.384. The van der Waals surface area contributed by atoms with E-state index in [-0.39, 0.29) is 30.1 Å². The van der Waals surface area contributed by atoms with Crippen molar-refractivity contribution in [2.24, 2.45) is 0 Å². The normalized spacial score (nSPS) is 16.9. The zero-order chi connectivity index (χ0) is 25.8. The van der Waals surface area contributed by atoms with Crippen molar-refractivity contribution in [1.29, 1.82) is 0 Å². The van der Waals surface area contributed by atoms with Gasteiger partial charge in [-0.05, 0) is 60.7 Å². The smallest absolute Gasteiger partial charge is 0.269 e. The Balaban J connectivity index is 1.45. The number of non-ortho nitro benzene ring substituents is 1. The number of para-hydroxylation sites is 1. The minimum Gasteiger partial charge on any atom is -0.352 e. The molecule has 10 heteroatoms. The Kier molecular flexibility index (Phi) is 6.91. The summed E-state index contributed by atoms with van der Waals surface area (Å²) < 4.78 is 1.98. The number of nitrogens with zero attached hydrogens (tertiary/aromatic N) is 4. The molecular weight excluding hydrogens is 488 g/mol. The number of nitro benzene ring substituents is 1. The van der Waals surface area contributed by atoms with E-state index >= 15 is 0 Å². The number of hydrogen-bond acceptors (Lipinski definition) is 5. The lowest BCUT2D eigenvalue weighted by Gasteiger charge is -2.28. The SMILES string of the molecule is O=C(CCN1C(=S)N[C@H](c2ccccn2)[C@@H]1c1cccn1-c1ccc([N+](=O)[O-])cc1)Nc1ccccc1. The number of nitrogens with one attached hydrogen (secondary N) is 2. The van der Waals surface area contributed by atoms with Crippen molar-refractivity contribution in [2.75, 3.05) is 11.9 Å². The first-order valence-corrected chi connectivity index (χ1v) is 12.2. The van der Waals surface area contributed by atoms with Crippen LogP contribution < -0.4 is 10.6 Å². The fraction of sp³-hybridized carbons (Fsp3) is 0.148. The summed E-state index contributed by atoms with van der Waals surface area (Å²) in [6.45, 7) is 0.393. The molecule has 2 N–H and O–H groups in total. The summed E-state index contributed by atoms with van der Waals surface area (Å²) in [6, 6.07) is 24.9. The van der Waals surface area contributed by atoms with Crippen LogP contribution in [0.3, 0.4) is 0 Å². The van der Waals surface area contributed by atoms with Crippen molar-refractivity contribution >= 4 is 34.6 Å². The summed E-state index contributed by atoms with van der Waals surface area (Å²) in [4.78, 5) is 30.0. The van der Waals surface area contributed by atoms with E-state index in [2.05, 4.69) is 15.6 Å². The second-order valence-corrected chi connectivity index (χ2v) is 8.95. The van der Waals surface area contributed by atoms with Crippen LogP contribution in [-0.4, -0.2) is 36.9 Å².